The van der Waals surface area contributed by atoms with E-state index in [2.05, 4.69) is 13.8 Å². The predicted molar refractivity (Wildman–Crippen MR) is 77.4 cm³/mol. The molecule has 0 radical (unpaired) electrons. The molecular formula is C16H28O4. The molecule has 0 spiro atoms. The number of aliphatic carboxylic acids is 1. The fourth-order valence-corrected chi connectivity index (χ4v) is 3.22. The Labute approximate surface area is 121 Å². The van der Waals surface area contributed by atoms with Crippen LogP contribution < -0.4 is 0 Å². The molecule has 0 saturated heterocycles. The van der Waals surface area contributed by atoms with E-state index in [9.17, 15) is 14.7 Å². The number of hydrogen-bond donors (Lipinski definition) is 1. The third-order valence-corrected chi connectivity index (χ3v) is 4.34. The molecule has 2 atom stereocenters. The van der Waals surface area contributed by atoms with Gasteiger partial charge in [-0.25, -0.2) is 0 Å². The fraction of sp³-hybridized carbons (Fsp3) is 0.875. The molecule has 2 unspecified atom stereocenters. The second-order valence-electron chi connectivity index (χ2n) is 6.44. The topological polar surface area (TPSA) is 63.6 Å². The maximum absolute atomic E-state index is 11.7. The minimum Gasteiger partial charge on any atom is -0.481 e. The van der Waals surface area contributed by atoms with Crippen molar-refractivity contribution in [3.63, 3.8) is 0 Å². The van der Waals surface area contributed by atoms with Crippen LogP contribution in [0.25, 0.3) is 0 Å². The summed E-state index contributed by atoms with van der Waals surface area (Å²) in [6.07, 6.45) is 6.61. The first-order chi connectivity index (χ1) is 9.38. The summed E-state index contributed by atoms with van der Waals surface area (Å²) in [5, 5.41) is 9.60. The molecule has 0 aliphatic heterocycles. The molecule has 1 N–H and O–H groups in total. The zero-order valence-electron chi connectivity index (χ0n) is 13.0. The second-order valence-corrected chi connectivity index (χ2v) is 6.44. The zero-order valence-corrected chi connectivity index (χ0v) is 13.0. The van der Waals surface area contributed by atoms with Gasteiger partial charge in [0.05, 0.1) is 0 Å². The average molecular weight is 284 g/mol. The smallest absolute Gasteiger partial charge is 0.313 e. The standard InChI is InChI=1S/C16H28O4/c1-12(2)8-5-4-6-10-16(15(18)19)11-7-9-14(16)20-13(3)17/h12,14H,4-11H2,1-3H3,(H,18,19). The molecule has 0 aromatic carbocycles. The third kappa shape index (κ3) is 4.50. The summed E-state index contributed by atoms with van der Waals surface area (Å²) in [6.45, 7) is 5.76. The van der Waals surface area contributed by atoms with Crippen molar-refractivity contribution >= 4 is 11.9 Å². The minimum absolute atomic E-state index is 0.373. The number of hydrogen-bond acceptors (Lipinski definition) is 3. The minimum atomic E-state index is -0.844. The van der Waals surface area contributed by atoms with Gasteiger partial charge in [-0.3, -0.25) is 9.59 Å². The largest absolute Gasteiger partial charge is 0.481 e. The number of carbonyl (C=O) groups is 2. The lowest BCUT2D eigenvalue weighted by Crippen LogP contribution is -2.40. The van der Waals surface area contributed by atoms with Gasteiger partial charge in [0, 0.05) is 6.92 Å². The van der Waals surface area contributed by atoms with Crippen molar-refractivity contribution in [2.24, 2.45) is 11.3 Å². The molecule has 1 rings (SSSR count). The van der Waals surface area contributed by atoms with Gasteiger partial charge in [-0.2, -0.15) is 0 Å². The Morgan fingerprint density at radius 3 is 2.55 bits per heavy atom. The second kappa shape index (κ2) is 7.65. The fourth-order valence-electron chi connectivity index (χ4n) is 3.22. The van der Waals surface area contributed by atoms with Crippen molar-refractivity contribution < 1.29 is 19.4 Å². The molecule has 0 aromatic rings. The van der Waals surface area contributed by atoms with Crippen molar-refractivity contribution in [3.8, 4) is 0 Å². The van der Waals surface area contributed by atoms with Crippen LogP contribution in [0, 0.1) is 11.3 Å². The number of carboxylic acid groups (broad SMARTS) is 1. The molecule has 1 aliphatic carbocycles. The summed E-state index contributed by atoms with van der Waals surface area (Å²) in [6, 6.07) is 0. The van der Waals surface area contributed by atoms with E-state index in [1.54, 1.807) is 0 Å². The van der Waals surface area contributed by atoms with Crippen molar-refractivity contribution in [3.05, 3.63) is 0 Å². The zero-order chi connectivity index (χ0) is 15.2. The maximum atomic E-state index is 11.7. The van der Waals surface area contributed by atoms with Crippen LogP contribution in [0.4, 0.5) is 0 Å². The lowest BCUT2D eigenvalue weighted by molar-refractivity contribution is -0.165. The highest BCUT2D eigenvalue weighted by Gasteiger charge is 2.50. The molecule has 1 saturated carbocycles. The van der Waals surface area contributed by atoms with Crippen LogP contribution in [0.15, 0.2) is 0 Å². The summed E-state index contributed by atoms with van der Waals surface area (Å²) in [5.41, 5.74) is -0.844. The number of carboxylic acids is 1. The molecule has 0 heterocycles. The van der Waals surface area contributed by atoms with Gasteiger partial charge in [0.2, 0.25) is 0 Å². The predicted octanol–water partition coefficient (Wildman–Crippen LogP) is 3.78. The van der Waals surface area contributed by atoms with Crippen LogP contribution in [0.1, 0.15) is 72.1 Å². The Morgan fingerprint density at radius 1 is 1.30 bits per heavy atom. The van der Waals surface area contributed by atoms with Gasteiger partial charge in [0.15, 0.2) is 0 Å². The van der Waals surface area contributed by atoms with E-state index in [4.69, 9.17) is 4.74 Å². The van der Waals surface area contributed by atoms with Crippen molar-refractivity contribution in [1.82, 2.24) is 0 Å². The quantitative estimate of drug-likeness (QED) is 0.544. The Hall–Kier alpha value is -1.06. The normalized spacial score (nSPS) is 25.9. The molecule has 0 bridgehead atoms. The van der Waals surface area contributed by atoms with E-state index in [0.717, 1.165) is 25.7 Å². The van der Waals surface area contributed by atoms with E-state index in [1.165, 1.54) is 13.3 Å². The highest BCUT2D eigenvalue weighted by molar-refractivity contribution is 5.77. The highest BCUT2D eigenvalue weighted by Crippen LogP contribution is 2.44. The van der Waals surface area contributed by atoms with Crippen LogP contribution in [0.5, 0.6) is 0 Å². The van der Waals surface area contributed by atoms with Gasteiger partial charge in [-0.1, -0.05) is 39.5 Å². The SMILES string of the molecule is CC(=O)OC1CCCC1(CCCCCC(C)C)C(=O)O. The number of esters is 1. The van der Waals surface area contributed by atoms with Crippen molar-refractivity contribution in [2.45, 2.75) is 78.2 Å². The van der Waals surface area contributed by atoms with Gasteiger partial charge in [0.25, 0.3) is 0 Å². The maximum Gasteiger partial charge on any atom is 0.313 e. The van der Waals surface area contributed by atoms with Gasteiger partial charge >= 0.3 is 11.9 Å². The van der Waals surface area contributed by atoms with E-state index in [0.29, 0.717) is 25.2 Å². The lowest BCUT2D eigenvalue weighted by Gasteiger charge is -2.30. The number of ether oxygens (including phenoxy) is 1. The number of rotatable bonds is 8. The number of unbranched alkanes of at least 4 members (excludes halogenated alkanes) is 2. The van der Waals surface area contributed by atoms with E-state index >= 15 is 0 Å². The monoisotopic (exact) mass is 284 g/mol. The van der Waals surface area contributed by atoms with E-state index in [1.807, 2.05) is 0 Å². The summed E-state index contributed by atoms with van der Waals surface area (Å²) in [5.74, 6) is -0.476. The van der Waals surface area contributed by atoms with E-state index in [-0.39, 0.29) is 5.97 Å². The molecule has 116 valence electrons. The average Bonchev–Trinajstić information content (AvgIpc) is 2.72. The molecule has 0 amide bonds. The van der Waals surface area contributed by atoms with Crippen LogP contribution in [-0.4, -0.2) is 23.1 Å². The molecule has 4 nitrogen and oxygen atoms in total. The van der Waals surface area contributed by atoms with E-state index < -0.39 is 17.5 Å². The highest BCUT2D eigenvalue weighted by atomic mass is 16.5. The molecule has 1 aliphatic rings. The van der Waals surface area contributed by atoms with Crippen molar-refractivity contribution in [1.29, 1.82) is 0 Å². The summed E-state index contributed by atoms with van der Waals surface area (Å²) in [7, 11) is 0. The summed E-state index contributed by atoms with van der Waals surface area (Å²) < 4.78 is 5.26. The van der Waals surface area contributed by atoms with Gasteiger partial charge in [-0.15, -0.1) is 0 Å². The van der Waals surface area contributed by atoms with Crippen molar-refractivity contribution in [2.75, 3.05) is 0 Å². The Morgan fingerprint density at radius 2 is 2.00 bits per heavy atom. The van der Waals surface area contributed by atoms with Gasteiger partial charge in [0.1, 0.15) is 11.5 Å². The first kappa shape index (κ1) is 17.0. The Balaban J connectivity index is 2.53. The van der Waals surface area contributed by atoms with Gasteiger partial charge in [-0.05, 0) is 31.6 Å². The molecule has 20 heavy (non-hydrogen) atoms. The van der Waals surface area contributed by atoms with Crippen LogP contribution in [-0.2, 0) is 14.3 Å². The van der Waals surface area contributed by atoms with Gasteiger partial charge < -0.3 is 9.84 Å². The van der Waals surface area contributed by atoms with Crippen LogP contribution in [0.3, 0.4) is 0 Å². The van der Waals surface area contributed by atoms with Crippen LogP contribution >= 0.6 is 0 Å². The number of carbonyl (C=O) groups excluding carboxylic acids is 1. The summed E-state index contributed by atoms with van der Waals surface area (Å²) >= 11 is 0. The molecule has 1 fully saturated rings. The summed E-state index contributed by atoms with van der Waals surface area (Å²) in [4.78, 5) is 22.8. The Kier molecular flexibility index (Phi) is 6.50. The molecular weight excluding hydrogens is 256 g/mol. The first-order valence-electron chi connectivity index (χ1n) is 7.79. The molecule has 0 aromatic heterocycles. The first-order valence-corrected chi connectivity index (χ1v) is 7.79. The van der Waals surface area contributed by atoms with Crippen LogP contribution in [0.2, 0.25) is 0 Å². The molecule has 4 heteroatoms. The Bertz CT molecular complexity index is 337. The lowest BCUT2D eigenvalue weighted by atomic mass is 9.79. The third-order valence-electron chi connectivity index (χ3n) is 4.34.